The van der Waals surface area contributed by atoms with E-state index in [1.807, 2.05) is 0 Å². The molecule has 0 aliphatic heterocycles. The minimum absolute atomic E-state index is 0.0518. The third-order valence-electron chi connectivity index (χ3n) is 2.15. The number of primary amides is 1. The first-order valence-corrected chi connectivity index (χ1v) is 5.12. The van der Waals surface area contributed by atoms with Crippen LogP contribution in [0.4, 0.5) is 0 Å². The van der Waals surface area contributed by atoms with Crippen LogP contribution in [0.25, 0.3) is 11.0 Å². The fraction of sp³-hybridized carbons (Fsp3) is 0. The lowest BCUT2D eigenvalue weighted by Crippen LogP contribution is -2.21. The quantitative estimate of drug-likeness (QED) is 0.776. The number of hydrogen-bond acceptors (Lipinski definition) is 4. The van der Waals surface area contributed by atoms with Gasteiger partial charge in [0.25, 0.3) is 5.91 Å². The Morgan fingerprint density at radius 3 is 2.59 bits per heavy atom. The fourth-order valence-corrected chi connectivity index (χ4v) is 1.96. The maximum atomic E-state index is 11.4. The standard InChI is InChI=1S/C10H5Cl2NO4/c11-3-1-4-7(14)6(9(13)15)10(16)17-8(4)5(12)2-3/h1-2,14H,(H2,13,15). The third-order valence-corrected chi connectivity index (χ3v) is 2.64. The summed E-state index contributed by atoms with van der Waals surface area (Å²) in [4.78, 5) is 22.4. The number of halogens is 2. The van der Waals surface area contributed by atoms with Crippen molar-refractivity contribution in [2.24, 2.45) is 5.73 Å². The summed E-state index contributed by atoms with van der Waals surface area (Å²) in [6.45, 7) is 0. The van der Waals surface area contributed by atoms with E-state index in [2.05, 4.69) is 0 Å². The molecular formula is C10H5Cl2NO4. The van der Waals surface area contributed by atoms with Crippen molar-refractivity contribution >= 4 is 40.1 Å². The van der Waals surface area contributed by atoms with E-state index in [9.17, 15) is 14.7 Å². The van der Waals surface area contributed by atoms with Gasteiger partial charge >= 0.3 is 5.63 Å². The van der Waals surface area contributed by atoms with Crippen LogP contribution in [0.1, 0.15) is 10.4 Å². The van der Waals surface area contributed by atoms with Gasteiger partial charge in [0.15, 0.2) is 11.1 Å². The predicted molar refractivity (Wildman–Crippen MR) is 62.7 cm³/mol. The van der Waals surface area contributed by atoms with E-state index >= 15 is 0 Å². The molecule has 1 heterocycles. The van der Waals surface area contributed by atoms with Crippen molar-refractivity contribution in [3.63, 3.8) is 0 Å². The van der Waals surface area contributed by atoms with Crippen LogP contribution in [0.15, 0.2) is 21.3 Å². The van der Waals surface area contributed by atoms with Crippen LogP contribution in [-0.4, -0.2) is 11.0 Å². The Labute approximate surface area is 104 Å². The van der Waals surface area contributed by atoms with Crippen molar-refractivity contribution in [2.75, 3.05) is 0 Å². The second kappa shape index (κ2) is 3.94. The minimum Gasteiger partial charge on any atom is -0.506 e. The molecule has 1 aromatic carbocycles. The summed E-state index contributed by atoms with van der Waals surface area (Å²) in [7, 11) is 0. The van der Waals surface area contributed by atoms with Crippen LogP contribution in [0, 0.1) is 0 Å². The molecule has 0 saturated heterocycles. The number of nitrogens with two attached hydrogens (primary N) is 1. The Balaban J connectivity index is 3.02. The van der Waals surface area contributed by atoms with E-state index < -0.39 is 22.8 Å². The molecule has 17 heavy (non-hydrogen) atoms. The monoisotopic (exact) mass is 273 g/mol. The van der Waals surface area contributed by atoms with E-state index in [1.165, 1.54) is 12.1 Å². The van der Waals surface area contributed by atoms with Crippen LogP contribution >= 0.6 is 23.2 Å². The number of amides is 1. The molecule has 5 nitrogen and oxygen atoms in total. The molecule has 3 N–H and O–H groups in total. The number of carbonyl (C=O) groups excluding carboxylic acids is 1. The van der Waals surface area contributed by atoms with Gasteiger partial charge in [-0.05, 0) is 12.1 Å². The summed E-state index contributed by atoms with van der Waals surface area (Å²) >= 11 is 11.5. The number of rotatable bonds is 1. The second-order valence-electron chi connectivity index (χ2n) is 3.24. The zero-order chi connectivity index (χ0) is 12.7. The summed E-state index contributed by atoms with van der Waals surface area (Å²) in [6.07, 6.45) is 0. The molecule has 7 heteroatoms. The zero-order valence-corrected chi connectivity index (χ0v) is 9.67. The molecular weight excluding hydrogens is 269 g/mol. The van der Waals surface area contributed by atoms with Gasteiger partial charge in [0.2, 0.25) is 0 Å². The molecule has 0 saturated carbocycles. The Kier molecular flexibility index (Phi) is 2.73. The summed E-state index contributed by atoms with van der Waals surface area (Å²) in [5.41, 5.74) is 3.23. The van der Waals surface area contributed by atoms with Gasteiger partial charge in [0.05, 0.1) is 10.4 Å². The van der Waals surface area contributed by atoms with Crippen LogP contribution in [0.3, 0.4) is 0 Å². The van der Waals surface area contributed by atoms with Gasteiger partial charge in [0, 0.05) is 5.02 Å². The summed E-state index contributed by atoms with van der Waals surface area (Å²) in [5.74, 6) is -1.68. The smallest absolute Gasteiger partial charge is 0.353 e. The molecule has 2 rings (SSSR count). The first kappa shape index (κ1) is 11.8. The van der Waals surface area contributed by atoms with Gasteiger partial charge in [-0.3, -0.25) is 4.79 Å². The van der Waals surface area contributed by atoms with Crippen molar-refractivity contribution in [3.05, 3.63) is 38.2 Å². The van der Waals surface area contributed by atoms with Crippen LogP contribution < -0.4 is 11.4 Å². The Morgan fingerprint density at radius 1 is 1.35 bits per heavy atom. The van der Waals surface area contributed by atoms with E-state index in [0.29, 0.717) is 0 Å². The maximum Gasteiger partial charge on any atom is 0.353 e. The minimum atomic E-state index is -1.09. The van der Waals surface area contributed by atoms with Crippen LogP contribution in [0.5, 0.6) is 5.75 Å². The largest absolute Gasteiger partial charge is 0.506 e. The van der Waals surface area contributed by atoms with Gasteiger partial charge in [-0.1, -0.05) is 23.2 Å². The lowest BCUT2D eigenvalue weighted by atomic mass is 10.1. The van der Waals surface area contributed by atoms with Gasteiger partial charge in [-0.2, -0.15) is 0 Å². The van der Waals surface area contributed by atoms with Crippen molar-refractivity contribution in [1.82, 2.24) is 0 Å². The highest BCUT2D eigenvalue weighted by molar-refractivity contribution is 6.38. The number of carbonyl (C=O) groups is 1. The van der Waals surface area contributed by atoms with Crippen molar-refractivity contribution in [2.45, 2.75) is 0 Å². The molecule has 0 unspecified atom stereocenters. The lowest BCUT2D eigenvalue weighted by Gasteiger charge is -2.05. The lowest BCUT2D eigenvalue weighted by molar-refractivity contribution is 0.0994. The van der Waals surface area contributed by atoms with Gasteiger partial charge in [0.1, 0.15) is 5.75 Å². The number of fused-ring (bicyclic) bond motifs is 1. The summed E-state index contributed by atoms with van der Waals surface area (Å²) in [5, 5.41) is 10.1. The predicted octanol–water partition coefficient (Wildman–Crippen LogP) is 1.90. The molecule has 0 atom stereocenters. The topological polar surface area (TPSA) is 93.5 Å². The molecule has 0 radical (unpaired) electrons. The highest BCUT2D eigenvalue weighted by atomic mass is 35.5. The normalized spacial score (nSPS) is 10.7. The van der Waals surface area contributed by atoms with E-state index in [-0.39, 0.29) is 21.0 Å². The van der Waals surface area contributed by atoms with Crippen molar-refractivity contribution < 1.29 is 14.3 Å². The van der Waals surface area contributed by atoms with Crippen LogP contribution in [0.2, 0.25) is 10.0 Å². The molecule has 88 valence electrons. The molecule has 0 aliphatic carbocycles. The maximum absolute atomic E-state index is 11.4. The molecule has 1 aromatic heterocycles. The second-order valence-corrected chi connectivity index (χ2v) is 4.09. The first-order valence-electron chi connectivity index (χ1n) is 4.36. The SMILES string of the molecule is NC(=O)c1c(O)c2cc(Cl)cc(Cl)c2oc1=O. The number of benzene rings is 1. The van der Waals surface area contributed by atoms with Crippen molar-refractivity contribution in [1.29, 1.82) is 0 Å². The van der Waals surface area contributed by atoms with E-state index in [1.54, 1.807) is 0 Å². The Morgan fingerprint density at radius 2 is 2.00 bits per heavy atom. The highest BCUT2D eigenvalue weighted by Gasteiger charge is 2.20. The van der Waals surface area contributed by atoms with Gasteiger partial charge < -0.3 is 15.3 Å². The molecule has 0 aliphatic rings. The molecule has 1 amide bonds. The Hall–Kier alpha value is -1.72. The average molecular weight is 274 g/mol. The van der Waals surface area contributed by atoms with Gasteiger partial charge in [-0.15, -0.1) is 0 Å². The molecule has 2 aromatic rings. The first-order chi connectivity index (χ1) is 7.91. The average Bonchev–Trinajstić information content (AvgIpc) is 2.19. The Bertz CT molecular complexity index is 693. The molecule has 0 spiro atoms. The molecule has 0 fully saturated rings. The third kappa shape index (κ3) is 1.83. The van der Waals surface area contributed by atoms with Gasteiger partial charge in [-0.25, -0.2) is 4.79 Å². The van der Waals surface area contributed by atoms with Crippen LogP contribution in [-0.2, 0) is 0 Å². The summed E-state index contributed by atoms with van der Waals surface area (Å²) < 4.78 is 4.81. The zero-order valence-electron chi connectivity index (χ0n) is 8.16. The van der Waals surface area contributed by atoms with E-state index in [4.69, 9.17) is 33.4 Å². The van der Waals surface area contributed by atoms with Crippen molar-refractivity contribution in [3.8, 4) is 5.75 Å². The number of hydrogen-bond donors (Lipinski definition) is 2. The fourth-order valence-electron chi connectivity index (χ4n) is 1.43. The highest BCUT2D eigenvalue weighted by Crippen LogP contribution is 2.33. The van der Waals surface area contributed by atoms with E-state index in [0.717, 1.165) is 0 Å². The number of aromatic hydroxyl groups is 1. The summed E-state index contributed by atoms with van der Waals surface area (Å²) in [6, 6.07) is 2.66. The molecule has 0 bridgehead atoms.